The lowest BCUT2D eigenvalue weighted by molar-refractivity contribution is -0.384. The van der Waals surface area contributed by atoms with E-state index in [9.17, 15) is 24.5 Å². The molecular formula is C20H24ClN9O5. The number of hydrogen-bond acceptors (Lipinski definition) is 6. The van der Waals surface area contributed by atoms with Crippen molar-refractivity contribution < 1.29 is 19.3 Å². The molecule has 3 aromatic heterocycles. The Hall–Kier alpha value is -4.59. The number of anilines is 2. The molecular weight excluding hydrogens is 482 g/mol. The molecule has 0 aliphatic rings. The quantitative estimate of drug-likeness (QED) is 0.132. The van der Waals surface area contributed by atoms with Crippen molar-refractivity contribution in [2.75, 3.05) is 17.2 Å². The number of aromatic nitrogens is 3. The minimum absolute atomic E-state index is 0. The van der Waals surface area contributed by atoms with Crippen molar-refractivity contribution in [3.05, 3.63) is 64.0 Å². The maximum atomic E-state index is 12.8. The van der Waals surface area contributed by atoms with Gasteiger partial charge in [0.1, 0.15) is 22.9 Å². The SMILES string of the molecule is Cl.Cn1cc(NC(=O)c2cc(NC(=O)c3cc([N+](=O)[O-])cn3C)cn2C)cc1C(=O)NCC(=N)N. The van der Waals surface area contributed by atoms with Gasteiger partial charge in [0.2, 0.25) is 0 Å². The third-order valence-electron chi connectivity index (χ3n) is 4.86. The van der Waals surface area contributed by atoms with E-state index in [1.807, 2.05) is 0 Å². The molecule has 35 heavy (non-hydrogen) atoms. The summed E-state index contributed by atoms with van der Waals surface area (Å²) in [6.07, 6.45) is 4.30. The van der Waals surface area contributed by atoms with E-state index < -0.39 is 22.6 Å². The number of amides is 3. The summed E-state index contributed by atoms with van der Waals surface area (Å²) in [6, 6.07) is 4.08. The van der Waals surface area contributed by atoms with Gasteiger partial charge in [0.15, 0.2) is 0 Å². The maximum absolute atomic E-state index is 12.8. The molecule has 6 N–H and O–H groups in total. The number of carbonyl (C=O) groups excluding carboxylic acids is 3. The Kier molecular flexibility index (Phi) is 8.04. The molecule has 0 bridgehead atoms. The van der Waals surface area contributed by atoms with E-state index in [1.165, 1.54) is 45.3 Å². The van der Waals surface area contributed by atoms with E-state index in [2.05, 4.69) is 16.0 Å². The van der Waals surface area contributed by atoms with Crippen molar-refractivity contribution in [1.29, 1.82) is 5.41 Å². The number of nitrogens with zero attached hydrogens (tertiary/aromatic N) is 4. The van der Waals surface area contributed by atoms with Gasteiger partial charge in [-0.1, -0.05) is 0 Å². The van der Waals surface area contributed by atoms with E-state index in [0.29, 0.717) is 11.4 Å². The lowest BCUT2D eigenvalue weighted by Gasteiger charge is -2.04. The Morgan fingerprint density at radius 1 is 0.886 bits per heavy atom. The highest BCUT2D eigenvalue weighted by molar-refractivity contribution is 6.07. The molecule has 0 aromatic carbocycles. The lowest BCUT2D eigenvalue weighted by Crippen LogP contribution is -2.33. The number of nitro groups is 1. The molecule has 14 nitrogen and oxygen atoms in total. The van der Waals surface area contributed by atoms with Crippen molar-refractivity contribution >= 4 is 53.0 Å². The Bertz CT molecular complexity index is 1320. The molecule has 0 saturated heterocycles. The van der Waals surface area contributed by atoms with Gasteiger partial charge in [-0.15, -0.1) is 12.4 Å². The number of carbonyl (C=O) groups is 3. The molecule has 0 atom stereocenters. The first-order valence-electron chi connectivity index (χ1n) is 9.83. The molecule has 3 aromatic rings. The summed E-state index contributed by atoms with van der Waals surface area (Å²) in [7, 11) is 4.76. The monoisotopic (exact) mass is 505 g/mol. The van der Waals surface area contributed by atoms with Crippen LogP contribution in [0.25, 0.3) is 0 Å². The summed E-state index contributed by atoms with van der Waals surface area (Å²) in [5, 5.41) is 25.9. The topological polar surface area (TPSA) is 195 Å². The summed E-state index contributed by atoms with van der Waals surface area (Å²) >= 11 is 0. The molecule has 0 aliphatic carbocycles. The molecule has 0 aliphatic heterocycles. The van der Waals surface area contributed by atoms with Crippen LogP contribution in [0.4, 0.5) is 17.1 Å². The highest BCUT2D eigenvalue weighted by atomic mass is 35.5. The Balaban J connectivity index is 0.00000432. The summed E-state index contributed by atoms with van der Waals surface area (Å²) < 4.78 is 4.35. The van der Waals surface area contributed by atoms with Crippen LogP contribution in [-0.4, -0.2) is 48.7 Å². The van der Waals surface area contributed by atoms with Crippen LogP contribution in [0.2, 0.25) is 0 Å². The highest BCUT2D eigenvalue weighted by Crippen LogP contribution is 2.20. The summed E-state index contributed by atoms with van der Waals surface area (Å²) in [4.78, 5) is 47.8. The lowest BCUT2D eigenvalue weighted by atomic mass is 10.3. The fraction of sp³-hybridized carbons (Fsp3) is 0.200. The molecule has 0 fully saturated rings. The van der Waals surface area contributed by atoms with Crippen LogP contribution in [0.1, 0.15) is 31.5 Å². The first kappa shape index (κ1) is 26.7. The minimum atomic E-state index is -0.594. The summed E-state index contributed by atoms with van der Waals surface area (Å²) in [5.41, 5.74) is 6.28. The van der Waals surface area contributed by atoms with Crippen LogP contribution >= 0.6 is 12.4 Å². The van der Waals surface area contributed by atoms with E-state index in [4.69, 9.17) is 11.1 Å². The smallest absolute Gasteiger partial charge is 0.287 e. The van der Waals surface area contributed by atoms with Crippen LogP contribution in [0.5, 0.6) is 0 Å². The average molecular weight is 506 g/mol. The number of aryl methyl sites for hydroxylation is 3. The second-order valence-electron chi connectivity index (χ2n) is 7.52. The van der Waals surface area contributed by atoms with Crippen molar-refractivity contribution in [3.8, 4) is 0 Å². The molecule has 0 radical (unpaired) electrons. The van der Waals surface area contributed by atoms with Gasteiger partial charge in [-0.25, -0.2) is 0 Å². The van der Waals surface area contributed by atoms with Crippen molar-refractivity contribution in [2.24, 2.45) is 26.9 Å². The maximum Gasteiger partial charge on any atom is 0.287 e. The highest BCUT2D eigenvalue weighted by Gasteiger charge is 2.20. The first-order chi connectivity index (χ1) is 16.0. The van der Waals surface area contributed by atoms with Gasteiger partial charge in [0.25, 0.3) is 23.4 Å². The molecule has 0 saturated carbocycles. The number of hydrogen-bond donors (Lipinski definition) is 5. The zero-order valence-corrected chi connectivity index (χ0v) is 19.8. The van der Waals surface area contributed by atoms with Crippen molar-refractivity contribution in [2.45, 2.75) is 0 Å². The van der Waals surface area contributed by atoms with Gasteiger partial charge in [-0.05, 0) is 12.1 Å². The molecule has 3 amide bonds. The van der Waals surface area contributed by atoms with Crippen LogP contribution in [0.3, 0.4) is 0 Å². The van der Waals surface area contributed by atoms with Gasteiger partial charge >= 0.3 is 0 Å². The van der Waals surface area contributed by atoms with Gasteiger partial charge in [0, 0.05) is 39.6 Å². The molecule has 3 heterocycles. The fourth-order valence-electron chi connectivity index (χ4n) is 3.25. The van der Waals surface area contributed by atoms with E-state index >= 15 is 0 Å². The Morgan fingerprint density at radius 3 is 1.74 bits per heavy atom. The fourth-order valence-corrected chi connectivity index (χ4v) is 3.25. The minimum Gasteiger partial charge on any atom is -0.386 e. The van der Waals surface area contributed by atoms with Crippen LogP contribution in [0, 0.1) is 15.5 Å². The van der Waals surface area contributed by atoms with Crippen LogP contribution in [-0.2, 0) is 21.1 Å². The van der Waals surface area contributed by atoms with Crippen molar-refractivity contribution in [1.82, 2.24) is 19.0 Å². The zero-order chi connectivity index (χ0) is 25.2. The molecule has 0 spiro atoms. The largest absolute Gasteiger partial charge is 0.386 e. The van der Waals surface area contributed by atoms with E-state index in [0.717, 1.165) is 6.07 Å². The molecule has 0 unspecified atom stereocenters. The molecule has 15 heteroatoms. The average Bonchev–Trinajstić information content (AvgIpc) is 3.42. The van der Waals surface area contributed by atoms with Crippen LogP contribution in [0.15, 0.2) is 36.8 Å². The summed E-state index contributed by atoms with van der Waals surface area (Å²) in [5.74, 6) is -1.70. The summed E-state index contributed by atoms with van der Waals surface area (Å²) in [6.45, 7) is -0.0976. The predicted octanol–water partition coefficient (Wildman–Crippen LogP) is 1.20. The third-order valence-corrected chi connectivity index (χ3v) is 4.86. The standard InChI is InChI=1S/C20H23N9O5.ClH/c1-26-8-11(4-14(26)18(30)23-7-17(21)22)24-19(31)15-5-12(9-27(15)2)25-20(32)16-6-13(29(33)34)10-28(16)3;/h4-6,8-10H,7H2,1-3H3,(H3,21,22)(H,23,30)(H,24,31)(H,25,32);1H. The normalized spacial score (nSPS) is 10.3. The van der Waals surface area contributed by atoms with Crippen LogP contribution < -0.4 is 21.7 Å². The second kappa shape index (κ2) is 10.6. The molecule has 3 rings (SSSR count). The van der Waals surface area contributed by atoms with Gasteiger partial charge in [-0.2, -0.15) is 0 Å². The zero-order valence-electron chi connectivity index (χ0n) is 19.0. The van der Waals surface area contributed by atoms with Gasteiger partial charge < -0.3 is 35.4 Å². The number of halogens is 1. The Labute approximate surface area is 205 Å². The second-order valence-corrected chi connectivity index (χ2v) is 7.52. The van der Waals surface area contributed by atoms with Gasteiger partial charge in [0.05, 0.1) is 29.0 Å². The third kappa shape index (κ3) is 6.05. The number of nitrogens with one attached hydrogen (secondary N) is 4. The van der Waals surface area contributed by atoms with Crippen molar-refractivity contribution in [3.63, 3.8) is 0 Å². The number of rotatable bonds is 8. The first-order valence-corrected chi connectivity index (χ1v) is 9.83. The van der Waals surface area contributed by atoms with E-state index in [-0.39, 0.29) is 47.6 Å². The molecule has 186 valence electrons. The van der Waals surface area contributed by atoms with Gasteiger partial charge in [-0.3, -0.25) is 29.9 Å². The number of nitrogens with two attached hydrogens (primary N) is 1. The number of amidine groups is 1. The van der Waals surface area contributed by atoms with E-state index in [1.54, 1.807) is 20.3 Å². The Morgan fingerprint density at radius 2 is 1.31 bits per heavy atom. The predicted molar refractivity (Wildman–Crippen MR) is 130 cm³/mol.